The second-order valence-electron chi connectivity index (χ2n) is 4.64. The molecule has 0 amide bonds. The number of hydrogen-bond donors (Lipinski definition) is 2. The smallest absolute Gasteiger partial charge is 0.168 e. The molecule has 116 valence electrons. The lowest BCUT2D eigenvalue weighted by atomic mass is 10.2. The van der Waals surface area contributed by atoms with Crippen molar-refractivity contribution in [2.75, 3.05) is 7.11 Å². The number of ether oxygens (including phenoxy) is 1. The van der Waals surface area contributed by atoms with Gasteiger partial charge in [-0.2, -0.15) is 0 Å². The van der Waals surface area contributed by atoms with Gasteiger partial charge in [0.05, 0.1) is 12.8 Å². The molecule has 0 aliphatic rings. The van der Waals surface area contributed by atoms with E-state index in [4.69, 9.17) is 4.74 Å². The van der Waals surface area contributed by atoms with Gasteiger partial charge in [0.25, 0.3) is 0 Å². The summed E-state index contributed by atoms with van der Waals surface area (Å²) in [4.78, 5) is 18.8. The van der Waals surface area contributed by atoms with E-state index in [1.165, 1.54) is 25.3 Å². The number of aryl methyl sites for hydroxylation is 1. The van der Waals surface area contributed by atoms with Gasteiger partial charge in [0, 0.05) is 6.54 Å². The van der Waals surface area contributed by atoms with Crippen LogP contribution in [0.3, 0.4) is 0 Å². The fourth-order valence-corrected chi connectivity index (χ4v) is 1.95. The van der Waals surface area contributed by atoms with E-state index >= 15 is 0 Å². The quantitative estimate of drug-likeness (QED) is 0.622. The van der Waals surface area contributed by atoms with Gasteiger partial charge in [-0.25, -0.2) is 14.4 Å². The molecule has 6 nitrogen and oxygen atoms in total. The number of aromatic nitrogens is 2. The molecular formula is C15H16FN3O3. The molecule has 0 fully saturated rings. The van der Waals surface area contributed by atoms with Gasteiger partial charge >= 0.3 is 0 Å². The SMILES string of the molecule is COc1cc(CNC(O)c2cc(C=O)nc(C)n2)ccc1F. The molecule has 0 saturated heterocycles. The van der Waals surface area contributed by atoms with E-state index in [9.17, 15) is 14.3 Å². The summed E-state index contributed by atoms with van der Waals surface area (Å²) in [5, 5.41) is 12.9. The van der Waals surface area contributed by atoms with Gasteiger partial charge < -0.3 is 9.84 Å². The van der Waals surface area contributed by atoms with Crippen LogP contribution in [-0.2, 0) is 6.54 Å². The second kappa shape index (κ2) is 7.06. The normalized spacial score (nSPS) is 12.0. The number of carbonyl (C=O) groups is 1. The zero-order valence-electron chi connectivity index (χ0n) is 12.2. The van der Waals surface area contributed by atoms with Crippen LogP contribution in [0.2, 0.25) is 0 Å². The molecule has 1 aromatic heterocycles. The Morgan fingerprint density at radius 1 is 1.41 bits per heavy atom. The van der Waals surface area contributed by atoms with Crippen LogP contribution in [-0.4, -0.2) is 28.5 Å². The lowest BCUT2D eigenvalue weighted by Gasteiger charge is -2.13. The van der Waals surface area contributed by atoms with E-state index in [-0.39, 0.29) is 18.0 Å². The summed E-state index contributed by atoms with van der Waals surface area (Å²) in [7, 11) is 1.38. The molecule has 2 rings (SSSR count). The van der Waals surface area contributed by atoms with Crippen molar-refractivity contribution in [3.63, 3.8) is 0 Å². The number of nitrogens with one attached hydrogen (secondary N) is 1. The summed E-state index contributed by atoms with van der Waals surface area (Å²) in [5.74, 6) is 0.0765. The summed E-state index contributed by atoms with van der Waals surface area (Å²) in [6.07, 6.45) is -0.480. The third-order valence-corrected chi connectivity index (χ3v) is 2.99. The Bertz CT molecular complexity index is 679. The number of aliphatic hydroxyl groups is 1. The van der Waals surface area contributed by atoms with Gasteiger partial charge in [0.15, 0.2) is 17.9 Å². The average Bonchev–Trinajstić information content (AvgIpc) is 2.53. The lowest BCUT2D eigenvalue weighted by Crippen LogP contribution is -2.22. The van der Waals surface area contributed by atoms with Gasteiger partial charge in [0.2, 0.25) is 0 Å². The molecule has 0 bridgehead atoms. The van der Waals surface area contributed by atoms with Gasteiger partial charge in [-0.1, -0.05) is 6.07 Å². The number of hydrogen-bond acceptors (Lipinski definition) is 6. The van der Waals surface area contributed by atoms with Crippen molar-refractivity contribution in [1.29, 1.82) is 0 Å². The van der Waals surface area contributed by atoms with Crippen LogP contribution < -0.4 is 10.1 Å². The molecule has 1 aromatic carbocycles. The zero-order valence-corrected chi connectivity index (χ0v) is 12.2. The van der Waals surface area contributed by atoms with E-state index in [0.29, 0.717) is 17.8 Å². The van der Waals surface area contributed by atoms with Gasteiger partial charge in [-0.15, -0.1) is 0 Å². The van der Waals surface area contributed by atoms with E-state index in [2.05, 4.69) is 15.3 Å². The largest absolute Gasteiger partial charge is 0.494 e. The maximum atomic E-state index is 13.3. The molecule has 2 aromatic rings. The number of aliphatic hydroxyl groups excluding tert-OH is 1. The van der Waals surface area contributed by atoms with Crippen molar-refractivity contribution < 1.29 is 19.0 Å². The van der Waals surface area contributed by atoms with Crippen molar-refractivity contribution in [1.82, 2.24) is 15.3 Å². The highest BCUT2D eigenvalue weighted by Crippen LogP contribution is 2.18. The fourth-order valence-electron chi connectivity index (χ4n) is 1.95. The van der Waals surface area contributed by atoms with E-state index in [1.54, 1.807) is 13.0 Å². The Morgan fingerprint density at radius 3 is 2.86 bits per heavy atom. The Morgan fingerprint density at radius 2 is 2.18 bits per heavy atom. The third-order valence-electron chi connectivity index (χ3n) is 2.99. The van der Waals surface area contributed by atoms with Crippen molar-refractivity contribution >= 4 is 6.29 Å². The Balaban J connectivity index is 2.08. The minimum atomic E-state index is -1.07. The number of benzene rings is 1. The summed E-state index contributed by atoms with van der Waals surface area (Å²) in [5.41, 5.74) is 1.23. The molecule has 0 radical (unpaired) electrons. The van der Waals surface area contributed by atoms with Crippen LogP contribution in [0.5, 0.6) is 5.75 Å². The summed E-state index contributed by atoms with van der Waals surface area (Å²) in [6, 6.07) is 5.82. The number of rotatable bonds is 6. The minimum Gasteiger partial charge on any atom is -0.494 e. The van der Waals surface area contributed by atoms with E-state index in [0.717, 1.165) is 5.56 Å². The van der Waals surface area contributed by atoms with Crippen LogP contribution in [0, 0.1) is 12.7 Å². The maximum absolute atomic E-state index is 13.3. The first-order valence-electron chi connectivity index (χ1n) is 6.58. The monoisotopic (exact) mass is 305 g/mol. The first kappa shape index (κ1) is 16.0. The first-order valence-corrected chi connectivity index (χ1v) is 6.58. The predicted molar refractivity (Wildman–Crippen MR) is 76.9 cm³/mol. The number of aldehydes is 1. The number of carbonyl (C=O) groups excluding carboxylic acids is 1. The van der Waals surface area contributed by atoms with Crippen molar-refractivity contribution in [3.8, 4) is 5.75 Å². The third kappa shape index (κ3) is 3.84. The molecular weight excluding hydrogens is 289 g/mol. The van der Waals surface area contributed by atoms with Crippen molar-refractivity contribution in [2.45, 2.75) is 19.7 Å². The second-order valence-corrected chi connectivity index (χ2v) is 4.64. The lowest BCUT2D eigenvalue weighted by molar-refractivity contribution is 0.111. The number of methoxy groups -OCH3 is 1. The minimum absolute atomic E-state index is 0.134. The van der Waals surface area contributed by atoms with Crippen LogP contribution in [0.15, 0.2) is 24.3 Å². The van der Waals surface area contributed by atoms with Gasteiger partial charge in [-0.05, 0) is 30.7 Å². The highest BCUT2D eigenvalue weighted by molar-refractivity contribution is 5.71. The number of halogens is 1. The fraction of sp³-hybridized carbons (Fsp3) is 0.267. The molecule has 2 N–H and O–H groups in total. The summed E-state index contributed by atoms with van der Waals surface area (Å²) >= 11 is 0. The predicted octanol–water partition coefficient (Wildman–Crippen LogP) is 1.53. The Labute approximate surface area is 127 Å². The molecule has 7 heteroatoms. The highest BCUT2D eigenvalue weighted by atomic mass is 19.1. The van der Waals surface area contributed by atoms with E-state index < -0.39 is 12.0 Å². The van der Waals surface area contributed by atoms with Crippen molar-refractivity contribution in [2.24, 2.45) is 0 Å². The molecule has 0 saturated carbocycles. The van der Waals surface area contributed by atoms with Crippen LogP contribution in [0.4, 0.5) is 4.39 Å². The molecule has 0 aliphatic carbocycles. The van der Waals surface area contributed by atoms with E-state index in [1.807, 2.05) is 0 Å². The standard InChI is InChI=1S/C15H16FN3O3/c1-9-18-11(8-20)6-13(19-9)15(21)17-7-10-3-4-12(16)14(5-10)22-2/h3-6,8,15,17,21H,7H2,1-2H3. The first-order chi connectivity index (χ1) is 10.5. The molecule has 0 spiro atoms. The molecule has 22 heavy (non-hydrogen) atoms. The molecule has 0 aliphatic heterocycles. The topological polar surface area (TPSA) is 84.3 Å². The molecule has 1 heterocycles. The van der Waals surface area contributed by atoms with Crippen LogP contribution in [0.25, 0.3) is 0 Å². The average molecular weight is 305 g/mol. The molecule has 1 unspecified atom stereocenters. The molecule has 1 atom stereocenters. The summed E-state index contributed by atoms with van der Waals surface area (Å²) in [6.45, 7) is 1.91. The maximum Gasteiger partial charge on any atom is 0.168 e. The van der Waals surface area contributed by atoms with Crippen LogP contribution >= 0.6 is 0 Å². The number of nitrogens with zero attached hydrogens (tertiary/aromatic N) is 2. The van der Waals surface area contributed by atoms with Gasteiger partial charge in [-0.3, -0.25) is 10.1 Å². The highest BCUT2D eigenvalue weighted by Gasteiger charge is 2.12. The Kier molecular flexibility index (Phi) is 5.13. The van der Waals surface area contributed by atoms with Crippen molar-refractivity contribution in [3.05, 3.63) is 52.9 Å². The zero-order chi connectivity index (χ0) is 16.1. The van der Waals surface area contributed by atoms with Gasteiger partial charge in [0.1, 0.15) is 17.7 Å². The summed E-state index contributed by atoms with van der Waals surface area (Å²) < 4.78 is 18.2. The Hall–Kier alpha value is -2.38. The van der Waals surface area contributed by atoms with Crippen LogP contribution in [0.1, 0.15) is 33.8 Å².